The summed E-state index contributed by atoms with van der Waals surface area (Å²) in [5.74, 6) is -2.31. The minimum absolute atomic E-state index is 0.00810. The molecule has 2 heterocycles. The lowest BCUT2D eigenvalue weighted by Gasteiger charge is -2.31. The summed E-state index contributed by atoms with van der Waals surface area (Å²) in [4.78, 5) is 70.2. The summed E-state index contributed by atoms with van der Waals surface area (Å²) in [6, 6.07) is 10.6. The van der Waals surface area contributed by atoms with Crippen LogP contribution in [-0.4, -0.2) is 85.0 Å². The number of nitrogens with zero attached hydrogens (tertiary/aromatic N) is 3. The van der Waals surface area contributed by atoms with Crippen molar-refractivity contribution in [1.29, 1.82) is 0 Å². The van der Waals surface area contributed by atoms with Gasteiger partial charge in [0.05, 0.1) is 23.5 Å². The fourth-order valence-corrected chi connectivity index (χ4v) is 5.08. The molecule has 1 fully saturated rings. The first-order chi connectivity index (χ1) is 19.8. The minimum Gasteiger partial charge on any atom is -0.478 e. The average Bonchev–Trinajstić information content (AvgIpc) is 3.04. The largest absolute Gasteiger partial charge is 0.478 e. The van der Waals surface area contributed by atoms with Gasteiger partial charge in [-0.05, 0) is 63.3 Å². The van der Waals surface area contributed by atoms with E-state index in [0.717, 1.165) is 25.9 Å². The van der Waals surface area contributed by atoms with Crippen molar-refractivity contribution in [2.45, 2.75) is 45.7 Å². The van der Waals surface area contributed by atoms with E-state index in [9.17, 15) is 29.1 Å². The highest BCUT2D eigenvalue weighted by molar-refractivity contribution is 6.11. The molecule has 4 rings (SSSR count). The van der Waals surface area contributed by atoms with Crippen LogP contribution in [0.2, 0.25) is 0 Å². The first-order valence-electron chi connectivity index (χ1n) is 13.9. The molecule has 1 atom stereocenters. The van der Waals surface area contributed by atoms with Crippen LogP contribution in [0.1, 0.15) is 44.0 Å². The van der Waals surface area contributed by atoms with Crippen LogP contribution in [0, 0.1) is 5.41 Å². The number of para-hydroxylation sites is 2. The van der Waals surface area contributed by atoms with E-state index in [4.69, 9.17) is 0 Å². The van der Waals surface area contributed by atoms with Crippen molar-refractivity contribution in [2.75, 3.05) is 48.3 Å². The van der Waals surface area contributed by atoms with E-state index in [-0.39, 0.29) is 42.2 Å². The molecule has 2 aliphatic heterocycles. The number of piperidine rings is 1. The highest BCUT2D eigenvalue weighted by atomic mass is 16.4. The van der Waals surface area contributed by atoms with E-state index >= 15 is 0 Å². The van der Waals surface area contributed by atoms with Gasteiger partial charge in [-0.25, -0.2) is 9.59 Å². The SMILES string of the molecule is CN1CCC(NC(=O)CN2C(=O)C(NC(=O)Nc3cccc(C(=O)O)c3)CN(C(=O)C(C)(C)C)c3ccccc32)CC1. The van der Waals surface area contributed by atoms with E-state index in [1.807, 2.05) is 7.05 Å². The van der Waals surface area contributed by atoms with Crippen LogP contribution < -0.4 is 25.8 Å². The maximum Gasteiger partial charge on any atom is 0.335 e. The molecule has 0 spiro atoms. The first kappa shape index (κ1) is 30.5. The van der Waals surface area contributed by atoms with Crippen molar-refractivity contribution >= 4 is 46.8 Å². The fraction of sp³-hybridized carbons (Fsp3) is 0.433. The summed E-state index contributed by atoms with van der Waals surface area (Å²) < 4.78 is 0. The Labute approximate surface area is 245 Å². The topological polar surface area (TPSA) is 151 Å². The number of rotatable bonds is 6. The monoisotopic (exact) mass is 578 g/mol. The molecule has 0 saturated carbocycles. The highest BCUT2D eigenvalue weighted by Gasteiger charge is 2.40. The number of urea groups is 1. The number of carbonyl (C=O) groups is 5. The van der Waals surface area contributed by atoms with Crippen LogP contribution in [0.3, 0.4) is 0 Å². The number of anilines is 3. The molecule has 0 bridgehead atoms. The number of amides is 5. The summed E-state index contributed by atoms with van der Waals surface area (Å²) in [5, 5.41) is 17.5. The van der Waals surface area contributed by atoms with Crippen LogP contribution >= 0.6 is 0 Å². The average molecular weight is 579 g/mol. The van der Waals surface area contributed by atoms with Gasteiger partial charge in [-0.1, -0.05) is 39.0 Å². The first-order valence-corrected chi connectivity index (χ1v) is 13.9. The molecule has 12 nitrogen and oxygen atoms in total. The van der Waals surface area contributed by atoms with Gasteiger partial charge in [0.2, 0.25) is 11.8 Å². The van der Waals surface area contributed by atoms with Gasteiger partial charge in [-0.2, -0.15) is 0 Å². The maximum atomic E-state index is 14.0. The van der Waals surface area contributed by atoms with Crippen LogP contribution in [-0.2, 0) is 14.4 Å². The number of benzene rings is 2. The van der Waals surface area contributed by atoms with Crippen molar-refractivity contribution in [2.24, 2.45) is 5.41 Å². The van der Waals surface area contributed by atoms with Gasteiger partial charge in [0.15, 0.2) is 0 Å². The van der Waals surface area contributed by atoms with Gasteiger partial charge < -0.3 is 30.9 Å². The molecule has 4 N–H and O–H groups in total. The van der Waals surface area contributed by atoms with Crippen LogP contribution in [0.25, 0.3) is 0 Å². The lowest BCUT2D eigenvalue weighted by Crippen LogP contribution is -2.56. The highest BCUT2D eigenvalue weighted by Crippen LogP contribution is 2.35. The summed E-state index contributed by atoms with van der Waals surface area (Å²) >= 11 is 0. The molecule has 1 saturated heterocycles. The number of carboxylic acid groups (broad SMARTS) is 1. The fourth-order valence-electron chi connectivity index (χ4n) is 5.08. The van der Waals surface area contributed by atoms with E-state index in [2.05, 4.69) is 20.9 Å². The van der Waals surface area contributed by atoms with E-state index in [1.165, 1.54) is 34.1 Å². The Balaban J connectivity index is 1.62. The Morgan fingerprint density at radius 3 is 2.26 bits per heavy atom. The number of carbonyl (C=O) groups excluding carboxylic acids is 4. The zero-order valence-corrected chi connectivity index (χ0v) is 24.3. The second-order valence-corrected chi connectivity index (χ2v) is 11.8. The molecule has 0 radical (unpaired) electrons. The van der Waals surface area contributed by atoms with E-state index < -0.39 is 29.4 Å². The van der Waals surface area contributed by atoms with Crippen molar-refractivity contribution in [3.63, 3.8) is 0 Å². The number of aromatic carboxylic acids is 1. The summed E-state index contributed by atoms with van der Waals surface area (Å²) in [5.41, 5.74) is 0.238. The van der Waals surface area contributed by atoms with Crippen LogP contribution in [0.4, 0.5) is 21.9 Å². The molecule has 224 valence electrons. The number of hydrogen-bond donors (Lipinski definition) is 4. The molecule has 12 heteroatoms. The summed E-state index contributed by atoms with van der Waals surface area (Å²) in [7, 11) is 2.03. The number of nitrogens with one attached hydrogen (secondary N) is 3. The minimum atomic E-state index is -1.21. The molecule has 1 unspecified atom stereocenters. The maximum absolute atomic E-state index is 14.0. The summed E-state index contributed by atoms with van der Waals surface area (Å²) in [6.45, 7) is 6.56. The Morgan fingerprint density at radius 2 is 1.62 bits per heavy atom. The van der Waals surface area contributed by atoms with E-state index in [0.29, 0.717) is 11.4 Å². The Morgan fingerprint density at radius 1 is 0.952 bits per heavy atom. The third kappa shape index (κ3) is 7.24. The molecule has 42 heavy (non-hydrogen) atoms. The Kier molecular flexibility index (Phi) is 9.15. The van der Waals surface area contributed by atoms with Gasteiger partial charge in [0.1, 0.15) is 12.6 Å². The van der Waals surface area contributed by atoms with Crippen molar-refractivity contribution in [3.8, 4) is 0 Å². The van der Waals surface area contributed by atoms with Gasteiger partial charge in [0.25, 0.3) is 5.91 Å². The second kappa shape index (κ2) is 12.6. The molecular weight excluding hydrogens is 540 g/mol. The van der Waals surface area contributed by atoms with Crippen molar-refractivity contribution in [1.82, 2.24) is 15.5 Å². The van der Waals surface area contributed by atoms with Crippen LogP contribution in [0.15, 0.2) is 48.5 Å². The summed E-state index contributed by atoms with van der Waals surface area (Å²) in [6.07, 6.45) is 1.60. The zero-order valence-electron chi connectivity index (χ0n) is 24.3. The third-order valence-electron chi connectivity index (χ3n) is 7.34. The quantitative estimate of drug-likeness (QED) is 0.411. The number of likely N-dealkylation sites (tertiary alicyclic amines) is 1. The molecular formula is C30H38N6O6. The molecule has 2 aromatic rings. The molecule has 0 aromatic heterocycles. The lowest BCUT2D eigenvalue weighted by atomic mass is 9.94. The van der Waals surface area contributed by atoms with Gasteiger partial charge in [0, 0.05) is 17.1 Å². The number of hydrogen-bond acceptors (Lipinski definition) is 6. The molecule has 2 aromatic carbocycles. The smallest absolute Gasteiger partial charge is 0.335 e. The van der Waals surface area contributed by atoms with Gasteiger partial charge in [-0.3, -0.25) is 19.3 Å². The van der Waals surface area contributed by atoms with E-state index in [1.54, 1.807) is 45.0 Å². The second-order valence-electron chi connectivity index (χ2n) is 11.8. The van der Waals surface area contributed by atoms with Crippen molar-refractivity contribution < 1.29 is 29.1 Å². The number of carboxylic acids is 1. The van der Waals surface area contributed by atoms with Crippen molar-refractivity contribution in [3.05, 3.63) is 54.1 Å². The normalized spacial score (nSPS) is 18.1. The van der Waals surface area contributed by atoms with Gasteiger partial charge in [-0.15, -0.1) is 0 Å². The third-order valence-corrected chi connectivity index (χ3v) is 7.34. The zero-order chi connectivity index (χ0) is 30.6. The number of fused-ring (bicyclic) bond motifs is 1. The Bertz CT molecular complexity index is 1360. The predicted molar refractivity (Wildman–Crippen MR) is 159 cm³/mol. The lowest BCUT2D eigenvalue weighted by molar-refractivity contribution is -0.126. The van der Waals surface area contributed by atoms with Gasteiger partial charge >= 0.3 is 12.0 Å². The Hall–Kier alpha value is -4.45. The molecule has 2 aliphatic rings. The molecule has 0 aliphatic carbocycles. The van der Waals surface area contributed by atoms with Crippen LogP contribution in [0.5, 0.6) is 0 Å². The predicted octanol–water partition coefficient (Wildman–Crippen LogP) is 2.51. The standard InChI is InChI=1S/C30H38N6O6/c1-30(2,3)28(41)36-17-22(33-29(42)32-21-9-7-8-19(16-21)27(39)40)26(38)35(23-10-5-6-11-24(23)36)18-25(37)31-20-12-14-34(4)15-13-20/h5-11,16,20,22H,12-15,17-18H2,1-4H3,(H,31,37)(H,39,40)(H2,32,33,42). The molecule has 5 amide bonds.